The van der Waals surface area contributed by atoms with Crippen molar-refractivity contribution in [1.29, 1.82) is 0 Å². The largest absolute Gasteiger partial charge is 0.417 e. The van der Waals surface area contributed by atoms with Crippen LogP contribution in [0, 0.1) is 0 Å². The molecule has 0 spiro atoms. The number of pyridine rings is 1. The molecule has 1 aromatic heterocycles. The van der Waals surface area contributed by atoms with Gasteiger partial charge in [0, 0.05) is 18.2 Å². The molecule has 1 fully saturated rings. The molecule has 0 aliphatic heterocycles. The molecule has 1 saturated carbocycles. The second-order valence-corrected chi connectivity index (χ2v) is 5.40. The zero-order valence-electron chi connectivity index (χ0n) is 10.4. The lowest BCUT2D eigenvalue weighted by Gasteiger charge is -2.22. The Morgan fingerprint density at radius 3 is 2.53 bits per heavy atom. The molecule has 1 aliphatic rings. The summed E-state index contributed by atoms with van der Waals surface area (Å²) < 4.78 is 37.7. The van der Waals surface area contributed by atoms with Gasteiger partial charge in [0.05, 0.1) is 16.3 Å². The summed E-state index contributed by atoms with van der Waals surface area (Å²) in [7, 11) is 0. The molecule has 6 heteroatoms. The van der Waals surface area contributed by atoms with E-state index in [2.05, 4.69) is 4.98 Å². The topological polar surface area (TPSA) is 38.9 Å². The van der Waals surface area contributed by atoms with Crippen LogP contribution in [0.4, 0.5) is 13.2 Å². The zero-order chi connectivity index (χ0) is 14.0. The van der Waals surface area contributed by atoms with Crippen molar-refractivity contribution in [3.8, 4) is 0 Å². The SMILES string of the molecule is N[C@@H]1CCCCC[C@H]1c1ncc(C(F)(F)F)cc1Cl. The number of hydrogen-bond donors (Lipinski definition) is 1. The summed E-state index contributed by atoms with van der Waals surface area (Å²) in [6, 6.07) is 0.867. The van der Waals surface area contributed by atoms with Gasteiger partial charge in [0.15, 0.2) is 0 Å². The van der Waals surface area contributed by atoms with Crippen molar-refractivity contribution in [2.24, 2.45) is 5.73 Å². The van der Waals surface area contributed by atoms with Gasteiger partial charge in [0.2, 0.25) is 0 Å². The van der Waals surface area contributed by atoms with Gasteiger partial charge < -0.3 is 5.73 Å². The van der Waals surface area contributed by atoms with E-state index < -0.39 is 11.7 Å². The first-order chi connectivity index (χ1) is 8.89. The van der Waals surface area contributed by atoms with Crippen LogP contribution in [0.15, 0.2) is 12.3 Å². The molecule has 0 bridgehead atoms. The lowest BCUT2D eigenvalue weighted by Crippen LogP contribution is -2.28. The molecule has 1 aliphatic carbocycles. The smallest absolute Gasteiger partial charge is 0.327 e. The fraction of sp³-hybridized carbons (Fsp3) is 0.615. The quantitative estimate of drug-likeness (QED) is 0.791. The van der Waals surface area contributed by atoms with Crippen LogP contribution in [0.1, 0.15) is 49.3 Å². The Kier molecular flexibility index (Phi) is 4.36. The van der Waals surface area contributed by atoms with E-state index in [9.17, 15) is 13.2 Å². The van der Waals surface area contributed by atoms with E-state index in [4.69, 9.17) is 17.3 Å². The Labute approximate surface area is 115 Å². The molecule has 2 rings (SSSR count). The van der Waals surface area contributed by atoms with Crippen LogP contribution in [-0.4, -0.2) is 11.0 Å². The van der Waals surface area contributed by atoms with Crippen LogP contribution in [0.2, 0.25) is 5.02 Å². The van der Waals surface area contributed by atoms with Crippen molar-refractivity contribution in [3.63, 3.8) is 0 Å². The highest BCUT2D eigenvalue weighted by Gasteiger charge is 2.33. The number of hydrogen-bond acceptors (Lipinski definition) is 2. The van der Waals surface area contributed by atoms with Crippen LogP contribution >= 0.6 is 11.6 Å². The average Bonchev–Trinajstić information content (AvgIpc) is 2.53. The first-order valence-electron chi connectivity index (χ1n) is 6.38. The third kappa shape index (κ3) is 3.39. The van der Waals surface area contributed by atoms with Crippen molar-refractivity contribution >= 4 is 11.6 Å². The zero-order valence-corrected chi connectivity index (χ0v) is 11.1. The second-order valence-electron chi connectivity index (χ2n) is 5.00. The van der Waals surface area contributed by atoms with Gasteiger partial charge in [-0.25, -0.2) is 0 Å². The number of rotatable bonds is 1. The molecule has 19 heavy (non-hydrogen) atoms. The van der Waals surface area contributed by atoms with Gasteiger partial charge in [-0.15, -0.1) is 0 Å². The van der Waals surface area contributed by atoms with Crippen molar-refractivity contribution in [3.05, 3.63) is 28.5 Å². The number of nitrogens with two attached hydrogens (primary N) is 1. The van der Waals surface area contributed by atoms with Gasteiger partial charge in [0.1, 0.15) is 0 Å². The van der Waals surface area contributed by atoms with Gasteiger partial charge in [-0.05, 0) is 18.9 Å². The predicted molar refractivity (Wildman–Crippen MR) is 68.1 cm³/mol. The first-order valence-corrected chi connectivity index (χ1v) is 6.75. The summed E-state index contributed by atoms with van der Waals surface area (Å²) >= 11 is 5.97. The summed E-state index contributed by atoms with van der Waals surface area (Å²) in [6.45, 7) is 0. The molecule has 106 valence electrons. The van der Waals surface area contributed by atoms with Crippen molar-refractivity contribution < 1.29 is 13.2 Å². The summed E-state index contributed by atoms with van der Waals surface area (Å²) in [5.74, 6) is -0.0442. The highest BCUT2D eigenvalue weighted by molar-refractivity contribution is 6.31. The first kappa shape index (κ1) is 14.6. The summed E-state index contributed by atoms with van der Waals surface area (Å²) in [4.78, 5) is 3.93. The maximum Gasteiger partial charge on any atom is 0.417 e. The van der Waals surface area contributed by atoms with Gasteiger partial charge >= 0.3 is 6.18 Å². The Bertz CT molecular complexity index is 448. The third-order valence-corrected chi connectivity index (χ3v) is 3.92. The minimum atomic E-state index is -4.42. The normalized spacial score (nSPS) is 25.1. The third-order valence-electron chi connectivity index (χ3n) is 3.62. The monoisotopic (exact) mass is 292 g/mol. The Hall–Kier alpha value is -0.810. The maximum atomic E-state index is 12.6. The van der Waals surface area contributed by atoms with Crippen LogP contribution in [0.25, 0.3) is 0 Å². The molecule has 0 unspecified atom stereocenters. The highest BCUT2D eigenvalue weighted by Crippen LogP contribution is 2.36. The van der Waals surface area contributed by atoms with Gasteiger partial charge in [-0.2, -0.15) is 13.2 Å². The molecular weight excluding hydrogens is 277 g/mol. The summed E-state index contributed by atoms with van der Waals surface area (Å²) in [5.41, 5.74) is 5.77. The summed E-state index contributed by atoms with van der Waals surface area (Å²) in [6.07, 6.45) is 1.29. The predicted octanol–water partition coefficient (Wildman–Crippen LogP) is 4.13. The van der Waals surface area contributed by atoms with E-state index in [1.807, 2.05) is 0 Å². The summed E-state index contributed by atoms with van der Waals surface area (Å²) in [5, 5.41) is 0.0668. The standard InChI is InChI=1S/C13H16ClF3N2/c14-10-6-8(13(15,16)17)7-19-12(10)9-4-2-1-3-5-11(9)18/h6-7,9,11H,1-5,18H2/t9-,11-/m1/s1. The number of aromatic nitrogens is 1. The van der Waals surface area contributed by atoms with Crippen LogP contribution in [0.5, 0.6) is 0 Å². The van der Waals surface area contributed by atoms with E-state index >= 15 is 0 Å². The van der Waals surface area contributed by atoms with E-state index in [0.29, 0.717) is 5.69 Å². The molecule has 2 atom stereocenters. The molecule has 0 radical (unpaired) electrons. The number of nitrogens with zero attached hydrogens (tertiary/aromatic N) is 1. The van der Waals surface area contributed by atoms with Crippen molar-refractivity contribution in [2.45, 2.75) is 50.2 Å². The molecule has 0 amide bonds. The molecule has 1 heterocycles. The molecule has 2 N–H and O–H groups in total. The van der Waals surface area contributed by atoms with E-state index in [0.717, 1.165) is 44.4 Å². The second kappa shape index (κ2) is 5.67. The molecule has 1 aromatic rings. The number of alkyl halides is 3. The van der Waals surface area contributed by atoms with E-state index in [1.54, 1.807) is 0 Å². The van der Waals surface area contributed by atoms with Crippen LogP contribution in [0.3, 0.4) is 0 Å². The van der Waals surface area contributed by atoms with Gasteiger partial charge in [-0.3, -0.25) is 4.98 Å². The molecule has 0 aromatic carbocycles. The minimum absolute atomic E-state index is 0.0442. The fourth-order valence-corrected chi connectivity index (χ4v) is 2.86. The molecule has 0 saturated heterocycles. The number of halogens is 4. The van der Waals surface area contributed by atoms with Gasteiger partial charge in [0.25, 0.3) is 0 Å². The van der Waals surface area contributed by atoms with Crippen LogP contribution in [-0.2, 0) is 6.18 Å². The Morgan fingerprint density at radius 2 is 1.89 bits per heavy atom. The van der Waals surface area contributed by atoms with E-state index in [1.165, 1.54) is 0 Å². The lowest BCUT2D eigenvalue weighted by molar-refractivity contribution is -0.137. The maximum absolute atomic E-state index is 12.6. The molecule has 2 nitrogen and oxygen atoms in total. The van der Waals surface area contributed by atoms with Gasteiger partial charge in [-0.1, -0.05) is 30.9 Å². The van der Waals surface area contributed by atoms with E-state index in [-0.39, 0.29) is 17.0 Å². The molecular formula is C13H16ClF3N2. The van der Waals surface area contributed by atoms with Crippen molar-refractivity contribution in [1.82, 2.24) is 4.98 Å². The van der Waals surface area contributed by atoms with Crippen molar-refractivity contribution in [2.75, 3.05) is 0 Å². The fourth-order valence-electron chi connectivity index (χ4n) is 2.55. The Balaban J connectivity index is 2.29. The average molecular weight is 293 g/mol. The minimum Gasteiger partial charge on any atom is -0.327 e. The lowest BCUT2D eigenvalue weighted by atomic mass is 9.91. The van der Waals surface area contributed by atoms with Crippen LogP contribution < -0.4 is 5.73 Å². The Morgan fingerprint density at radius 1 is 1.21 bits per heavy atom. The highest BCUT2D eigenvalue weighted by atomic mass is 35.5.